The smallest absolute Gasteiger partial charge is 0.223 e. The second-order valence-electron chi connectivity index (χ2n) is 6.10. The maximum atomic E-state index is 14.0. The van der Waals surface area contributed by atoms with Crippen molar-refractivity contribution in [2.24, 2.45) is 4.99 Å². The van der Waals surface area contributed by atoms with E-state index in [1.54, 1.807) is 6.92 Å². The molecule has 1 aliphatic heterocycles. The molecule has 2 N–H and O–H groups in total. The first-order chi connectivity index (χ1) is 12.5. The van der Waals surface area contributed by atoms with Crippen LogP contribution in [0.3, 0.4) is 0 Å². The molecular formula is C17H22F2N6O. The van der Waals surface area contributed by atoms with Gasteiger partial charge in [-0.3, -0.25) is 0 Å². The fourth-order valence-corrected chi connectivity index (χ4v) is 2.90. The number of nitrogens with zero attached hydrogens (tertiary/aromatic N) is 4. The van der Waals surface area contributed by atoms with Crippen molar-refractivity contribution in [3.05, 3.63) is 41.5 Å². The number of halogens is 2. The lowest BCUT2D eigenvalue weighted by Gasteiger charge is -2.20. The molecule has 7 nitrogen and oxygen atoms in total. The third-order valence-corrected chi connectivity index (χ3v) is 4.07. The molecule has 0 bridgehead atoms. The molecule has 140 valence electrons. The highest BCUT2D eigenvalue weighted by molar-refractivity contribution is 5.80. The van der Waals surface area contributed by atoms with Crippen molar-refractivity contribution in [2.75, 3.05) is 24.5 Å². The second-order valence-corrected chi connectivity index (χ2v) is 6.10. The highest BCUT2D eigenvalue weighted by Gasteiger charge is 2.25. The highest BCUT2D eigenvalue weighted by atomic mass is 19.1. The lowest BCUT2D eigenvalue weighted by atomic mass is 10.2. The van der Waals surface area contributed by atoms with Gasteiger partial charge in [0.05, 0.1) is 5.69 Å². The van der Waals surface area contributed by atoms with Gasteiger partial charge in [-0.1, -0.05) is 5.16 Å². The summed E-state index contributed by atoms with van der Waals surface area (Å²) >= 11 is 0. The van der Waals surface area contributed by atoms with E-state index in [0.29, 0.717) is 49.5 Å². The maximum Gasteiger partial charge on any atom is 0.223 e. The zero-order chi connectivity index (χ0) is 18.5. The molecule has 0 saturated carbocycles. The Balaban J connectivity index is 1.61. The van der Waals surface area contributed by atoms with Crippen LogP contribution in [0.1, 0.15) is 25.1 Å². The number of rotatable bonds is 5. The molecule has 2 heterocycles. The third kappa shape index (κ3) is 4.47. The van der Waals surface area contributed by atoms with Crippen molar-refractivity contribution >= 4 is 11.6 Å². The lowest BCUT2D eigenvalue weighted by molar-refractivity contribution is 0.387. The fourth-order valence-electron chi connectivity index (χ4n) is 2.90. The number of hydrogen-bond acceptors (Lipinski definition) is 5. The summed E-state index contributed by atoms with van der Waals surface area (Å²) in [7, 11) is 0. The number of hydrogen-bond donors (Lipinski definition) is 2. The van der Waals surface area contributed by atoms with E-state index >= 15 is 0 Å². The summed E-state index contributed by atoms with van der Waals surface area (Å²) < 4.78 is 32.0. The number of aryl methyl sites for hydroxylation is 1. The Kier molecular flexibility index (Phi) is 5.65. The van der Waals surface area contributed by atoms with Crippen molar-refractivity contribution in [2.45, 2.75) is 32.9 Å². The normalized spacial score (nSPS) is 17.6. The van der Waals surface area contributed by atoms with Gasteiger partial charge < -0.3 is 20.1 Å². The SMILES string of the molecule is CCNC(=NCc1noc(C)n1)NC1CCN(c2ccc(F)cc2F)C1. The Morgan fingerprint density at radius 2 is 2.27 bits per heavy atom. The summed E-state index contributed by atoms with van der Waals surface area (Å²) in [5, 5.41) is 10.3. The van der Waals surface area contributed by atoms with Crippen LogP contribution in [0.15, 0.2) is 27.7 Å². The van der Waals surface area contributed by atoms with Crippen molar-refractivity contribution in [3.8, 4) is 0 Å². The van der Waals surface area contributed by atoms with E-state index in [1.807, 2.05) is 11.8 Å². The predicted octanol–water partition coefficient (Wildman–Crippen LogP) is 1.99. The molecule has 0 spiro atoms. The Bertz CT molecular complexity index is 778. The van der Waals surface area contributed by atoms with Crippen LogP contribution >= 0.6 is 0 Å². The van der Waals surface area contributed by atoms with E-state index in [4.69, 9.17) is 4.52 Å². The maximum absolute atomic E-state index is 14.0. The summed E-state index contributed by atoms with van der Waals surface area (Å²) in [6.07, 6.45) is 0.822. The molecule has 2 aromatic rings. The predicted molar refractivity (Wildman–Crippen MR) is 94.0 cm³/mol. The topological polar surface area (TPSA) is 78.6 Å². The molecule has 1 aromatic carbocycles. The molecule has 1 fully saturated rings. The van der Waals surface area contributed by atoms with Crippen molar-refractivity contribution < 1.29 is 13.3 Å². The van der Waals surface area contributed by atoms with Gasteiger partial charge in [-0.05, 0) is 25.5 Å². The van der Waals surface area contributed by atoms with E-state index in [-0.39, 0.29) is 6.04 Å². The number of benzene rings is 1. The summed E-state index contributed by atoms with van der Waals surface area (Å²) in [5.74, 6) is 0.542. The molecule has 0 aliphatic carbocycles. The molecule has 1 atom stereocenters. The van der Waals surface area contributed by atoms with Crippen LogP contribution in [0.5, 0.6) is 0 Å². The molecule has 1 aromatic heterocycles. The number of guanidine groups is 1. The van der Waals surface area contributed by atoms with Crippen molar-refractivity contribution in [1.29, 1.82) is 0 Å². The van der Waals surface area contributed by atoms with Gasteiger partial charge in [0, 0.05) is 38.7 Å². The van der Waals surface area contributed by atoms with Gasteiger partial charge in [-0.25, -0.2) is 13.8 Å². The van der Waals surface area contributed by atoms with E-state index in [9.17, 15) is 8.78 Å². The lowest BCUT2D eigenvalue weighted by Crippen LogP contribution is -2.44. The second kappa shape index (κ2) is 8.11. The Morgan fingerprint density at radius 1 is 1.42 bits per heavy atom. The monoisotopic (exact) mass is 364 g/mol. The van der Waals surface area contributed by atoms with Gasteiger partial charge in [0.1, 0.15) is 18.2 Å². The number of nitrogens with one attached hydrogen (secondary N) is 2. The van der Waals surface area contributed by atoms with Gasteiger partial charge in [-0.15, -0.1) is 0 Å². The third-order valence-electron chi connectivity index (χ3n) is 4.07. The van der Waals surface area contributed by atoms with E-state index in [0.717, 1.165) is 12.5 Å². The van der Waals surface area contributed by atoms with Crippen LogP contribution in [-0.2, 0) is 6.54 Å². The molecule has 1 aliphatic rings. The first-order valence-corrected chi connectivity index (χ1v) is 8.59. The minimum atomic E-state index is -0.571. The Morgan fingerprint density at radius 3 is 2.96 bits per heavy atom. The number of aliphatic imine (C=N–C) groups is 1. The Hall–Kier alpha value is -2.71. The van der Waals surface area contributed by atoms with Gasteiger partial charge >= 0.3 is 0 Å². The van der Waals surface area contributed by atoms with E-state index in [1.165, 1.54) is 12.1 Å². The van der Waals surface area contributed by atoms with Crippen LogP contribution in [0, 0.1) is 18.6 Å². The van der Waals surface area contributed by atoms with Crippen molar-refractivity contribution in [1.82, 2.24) is 20.8 Å². The molecule has 26 heavy (non-hydrogen) atoms. The fraction of sp³-hybridized carbons (Fsp3) is 0.471. The summed E-state index contributed by atoms with van der Waals surface area (Å²) in [6.45, 7) is 6.00. The first kappa shape index (κ1) is 18.1. The van der Waals surface area contributed by atoms with Gasteiger partial charge in [0.15, 0.2) is 11.8 Å². The van der Waals surface area contributed by atoms with Gasteiger partial charge in [0.2, 0.25) is 5.89 Å². The minimum Gasteiger partial charge on any atom is -0.367 e. The van der Waals surface area contributed by atoms with Crippen molar-refractivity contribution in [3.63, 3.8) is 0 Å². The number of anilines is 1. The molecule has 9 heteroatoms. The summed E-state index contributed by atoms with van der Waals surface area (Å²) in [5.41, 5.74) is 0.417. The minimum absolute atomic E-state index is 0.101. The quantitative estimate of drug-likeness (QED) is 0.624. The first-order valence-electron chi connectivity index (χ1n) is 8.59. The van der Waals surface area contributed by atoms with Crippen LogP contribution < -0.4 is 15.5 Å². The molecular weight excluding hydrogens is 342 g/mol. The van der Waals surface area contributed by atoms with Gasteiger partial charge in [0.25, 0.3) is 0 Å². The molecule has 0 amide bonds. The Labute approximate surface area is 150 Å². The van der Waals surface area contributed by atoms with Crippen LogP contribution in [-0.4, -0.2) is 41.8 Å². The largest absolute Gasteiger partial charge is 0.367 e. The average molecular weight is 364 g/mol. The van der Waals surface area contributed by atoms with Crippen LogP contribution in [0.2, 0.25) is 0 Å². The van der Waals surface area contributed by atoms with E-state index < -0.39 is 11.6 Å². The standard InChI is InChI=1S/C17H22F2N6O/c1-3-20-17(21-9-16-22-11(2)26-24-16)23-13-6-7-25(10-13)15-5-4-12(18)8-14(15)19/h4-5,8,13H,3,6-7,9-10H2,1-2H3,(H2,20,21,23). The van der Waals surface area contributed by atoms with Crippen LogP contribution in [0.25, 0.3) is 0 Å². The molecule has 1 unspecified atom stereocenters. The van der Waals surface area contributed by atoms with Gasteiger partial charge in [-0.2, -0.15) is 4.98 Å². The highest BCUT2D eigenvalue weighted by Crippen LogP contribution is 2.24. The molecule has 1 saturated heterocycles. The van der Waals surface area contributed by atoms with E-state index in [2.05, 4.69) is 25.8 Å². The molecule has 0 radical (unpaired) electrons. The zero-order valence-corrected chi connectivity index (χ0v) is 14.8. The average Bonchev–Trinajstić information content (AvgIpc) is 3.22. The molecule has 3 rings (SSSR count). The summed E-state index contributed by atoms with van der Waals surface area (Å²) in [4.78, 5) is 10.5. The number of aromatic nitrogens is 2. The summed E-state index contributed by atoms with van der Waals surface area (Å²) in [6, 6.07) is 3.76. The zero-order valence-electron chi connectivity index (χ0n) is 14.8. The van der Waals surface area contributed by atoms with Crippen LogP contribution in [0.4, 0.5) is 14.5 Å².